The van der Waals surface area contributed by atoms with E-state index < -0.39 is 0 Å². The van der Waals surface area contributed by atoms with Crippen LogP contribution in [0, 0.1) is 6.92 Å². The molecule has 1 saturated heterocycles. The Labute approximate surface area is 189 Å². The fourth-order valence-electron chi connectivity index (χ4n) is 3.75. The number of aromatic nitrogens is 5. The lowest BCUT2D eigenvalue weighted by atomic mass is 10.1. The Bertz CT molecular complexity index is 1280. The van der Waals surface area contributed by atoms with Crippen molar-refractivity contribution in [3.05, 3.63) is 60.0 Å². The molecule has 1 amide bonds. The van der Waals surface area contributed by atoms with E-state index in [1.807, 2.05) is 52.5 Å². The van der Waals surface area contributed by atoms with Gasteiger partial charge in [0.1, 0.15) is 5.69 Å². The predicted molar refractivity (Wildman–Crippen MR) is 124 cm³/mol. The minimum atomic E-state index is -0.000148. The van der Waals surface area contributed by atoms with Gasteiger partial charge in [0.15, 0.2) is 5.82 Å². The fourth-order valence-corrected chi connectivity index (χ4v) is 4.27. The van der Waals surface area contributed by atoms with Crippen LogP contribution in [0.5, 0.6) is 0 Å². The molecule has 0 atom stereocenters. The van der Waals surface area contributed by atoms with Crippen LogP contribution in [0.3, 0.4) is 0 Å². The molecule has 162 valence electrons. The quantitative estimate of drug-likeness (QED) is 0.474. The van der Waals surface area contributed by atoms with Gasteiger partial charge < -0.3 is 9.64 Å². The Morgan fingerprint density at radius 2 is 1.84 bits per heavy atom. The van der Waals surface area contributed by atoms with Crippen LogP contribution in [0.2, 0.25) is 0 Å². The molecule has 0 aliphatic carbocycles. The number of nitrogens with zero attached hydrogens (tertiary/aromatic N) is 6. The van der Waals surface area contributed by atoms with E-state index in [0.29, 0.717) is 43.4 Å². The number of morpholine rings is 1. The van der Waals surface area contributed by atoms with Crippen LogP contribution in [-0.2, 0) is 4.74 Å². The Morgan fingerprint density at radius 1 is 1.06 bits per heavy atom. The highest BCUT2D eigenvalue weighted by Gasteiger charge is 2.21. The highest BCUT2D eigenvalue weighted by atomic mass is 32.2. The molecule has 4 heterocycles. The molecule has 1 aromatic carbocycles. The molecule has 0 spiro atoms. The van der Waals surface area contributed by atoms with E-state index in [4.69, 9.17) is 9.84 Å². The van der Waals surface area contributed by atoms with E-state index in [1.165, 1.54) is 11.9 Å². The molecule has 0 unspecified atom stereocenters. The van der Waals surface area contributed by atoms with Crippen LogP contribution in [-0.4, -0.2) is 67.5 Å². The maximum Gasteiger partial charge on any atom is 0.254 e. The summed E-state index contributed by atoms with van der Waals surface area (Å²) in [6, 6.07) is 9.63. The second-order valence-electron chi connectivity index (χ2n) is 7.55. The highest BCUT2D eigenvalue weighted by Crippen LogP contribution is 2.30. The molecule has 1 fully saturated rings. The molecule has 1 aliphatic rings. The Hall–Kier alpha value is -3.30. The van der Waals surface area contributed by atoms with E-state index >= 15 is 0 Å². The van der Waals surface area contributed by atoms with Crippen molar-refractivity contribution in [1.82, 2.24) is 29.0 Å². The third-order valence-electron chi connectivity index (χ3n) is 5.44. The van der Waals surface area contributed by atoms with Crippen molar-refractivity contribution >= 4 is 28.8 Å². The first-order chi connectivity index (χ1) is 15.6. The van der Waals surface area contributed by atoms with Crippen molar-refractivity contribution in [3.8, 4) is 22.8 Å². The lowest BCUT2D eigenvalue weighted by Crippen LogP contribution is -2.40. The van der Waals surface area contributed by atoms with Crippen molar-refractivity contribution in [3.63, 3.8) is 0 Å². The Balaban J connectivity index is 1.53. The van der Waals surface area contributed by atoms with Crippen molar-refractivity contribution in [1.29, 1.82) is 0 Å². The molecule has 0 saturated carbocycles. The minimum Gasteiger partial charge on any atom is -0.378 e. The molecule has 0 radical (unpaired) electrons. The first kappa shape index (κ1) is 20.6. The Kier molecular flexibility index (Phi) is 5.59. The second-order valence-corrected chi connectivity index (χ2v) is 8.27. The summed E-state index contributed by atoms with van der Waals surface area (Å²) in [4.78, 5) is 28.4. The van der Waals surface area contributed by atoms with Crippen LogP contribution < -0.4 is 0 Å². The number of carbonyl (C=O) groups excluding carboxylic acids is 1. The van der Waals surface area contributed by atoms with E-state index in [-0.39, 0.29) is 5.91 Å². The molecule has 9 heteroatoms. The number of aryl methyl sites for hydroxylation is 1. The SMILES string of the molecule is CSn1nc(-c2ncc(-c3cc(C)ccn3)cn2)c2cc(C(=O)N3CCOCC3)ccc21. The molecule has 8 nitrogen and oxygen atoms in total. The zero-order valence-corrected chi connectivity index (χ0v) is 18.7. The summed E-state index contributed by atoms with van der Waals surface area (Å²) in [5.41, 5.74) is 4.99. The lowest BCUT2D eigenvalue weighted by Gasteiger charge is -2.26. The zero-order chi connectivity index (χ0) is 22.1. The van der Waals surface area contributed by atoms with Gasteiger partial charge in [-0.05, 0) is 54.8 Å². The van der Waals surface area contributed by atoms with Crippen LogP contribution in [0.25, 0.3) is 33.7 Å². The molecule has 0 bridgehead atoms. The standard InChI is InChI=1S/C23H22N6O2S/c1-15-5-6-24-19(11-15)17-13-25-22(26-14-17)21-18-12-16(3-4-20(18)29(27-21)32-2)23(30)28-7-9-31-10-8-28/h3-6,11-14H,7-10H2,1-2H3. The van der Waals surface area contributed by atoms with E-state index in [0.717, 1.165) is 27.7 Å². The Morgan fingerprint density at radius 3 is 2.56 bits per heavy atom. The van der Waals surface area contributed by atoms with Gasteiger partial charge in [-0.15, -0.1) is 0 Å². The number of ether oxygens (including phenoxy) is 1. The van der Waals surface area contributed by atoms with Crippen molar-refractivity contribution in [2.75, 3.05) is 32.6 Å². The molecule has 3 aromatic heterocycles. The van der Waals surface area contributed by atoms with E-state index in [2.05, 4.69) is 15.0 Å². The summed E-state index contributed by atoms with van der Waals surface area (Å²) in [7, 11) is 0. The van der Waals surface area contributed by atoms with Gasteiger partial charge in [0.05, 0.1) is 24.4 Å². The summed E-state index contributed by atoms with van der Waals surface area (Å²) in [6.07, 6.45) is 7.25. The summed E-state index contributed by atoms with van der Waals surface area (Å²) < 4.78 is 7.19. The van der Waals surface area contributed by atoms with Crippen LogP contribution in [0.1, 0.15) is 15.9 Å². The van der Waals surface area contributed by atoms with Gasteiger partial charge in [-0.25, -0.2) is 14.1 Å². The molecule has 5 rings (SSSR count). The summed E-state index contributed by atoms with van der Waals surface area (Å²) >= 11 is 1.49. The zero-order valence-electron chi connectivity index (χ0n) is 17.9. The maximum absolute atomic E-state index is 13.0. The number of carbonyl (C=O) groups is 1. The molecule has 4 aromatic rings. The third kappa shape index (κ3) is 3.85. The van der Waals surface area contributed by atoms with E-state index in [1.54, 1.807) is 18.6 Å². The average molecular weight is 447 g/mol. The molecule has 32 heavy (non-hydrogen) atoms. The number of pyridine rings is 1. The average Bonchev–Trinajstić information content (AvgIpc) is 3.22. The van der Waals surface area contributed by atoms with Crippen LogP contribution in [0.4, 0.5) is 0 Å². The van der Waals surface area contributed by atoms with Gasteiger partial charge in [-0.1, -0.05) is 0 Å². The monoisotopic (exact) mass is 446 g/mol. The predicted octanol–water partition coefficient (Wildman–Crippen LogP) is 3.46. The number of amides is 1. The first-order valence-corrected chi connectivity index (χ1v) is 11.5. The number of benzene rings is 1. The summed E-state index contributed by atoms with van der Waals surface area (Å²) in [5.74, 6) is 0.509. The number of fused-ring (bicyclic) bond motifs is 1. The highest BCUT2D eigenvalue weighted by molar-refractivity contribution is 7.97. The lowest BCUT2D eigenvalue weighted by molar-refractivity contribution is 0.0303. The van der Waals surface area contributed by atoms with Crippen molar-refractivity contribution in [2.24, 2.45) is 0 Å². The van der Waals surface area contributed by atoms with Gasteiger partial charge in [0.2, 0.25) is 0 Å². The summed E-state index contributed by atoms with van der Waals surface area (Å²) in [5, 5.41) is 5.55. The number of hydrogen-bond donors (Lipinski definition) is 0. The maximum atomic E-state index is 13.0. The van der Waals surface area contributed by atoms with E-state index in [9.17, 15) is 4.79 Å². The van der Waals surface area contributed by atoms with Gasteiger partial charge in [0, 0.05) is 54.4 Å². The smallest absolute Gasteiger partial charge is 0.254 e. The molecular formula is C23H22N6O2S. The fraction of sp³-hybridized carbons (Fsp3) is 0.261. The largest absolute Gasteiger partial charge is 0.378 e. The molecule has 1 aliphatic heterocycles. The van der Waals surface area contributed by atoms with Gasteiger partial charge in [0.25, 0.3) is 5.91 Å². The van der Waals surface area contributed by atoms with Gasteiger partial charge in [-0.2, -0.15) is 5.10 Å². The van der Waals surface area contributed by atoms with Crippen LogP contribution >= 0.6 is 11.9 Å². The van der Waals surface area contributed by atoms with Crippen molar-refractivity contribution < 1.29 is 9.53 Å². The van der Waals surface area contributed by atoms with Gasteiger partial charge >= 0.3 is 0 Å². The molecule has 0 N–H and O–H groups in total. The van der Waals surface area contributed by atoms with Gasteiger partial charge in [-0.3, -0.25) is 9.78 Å². The number of rotatable bonds is 4. The first-order valence-electron chi connectivity index (χ1n) is 10.3. The second kappa shape index (κ2) is 8.68. The van der Waals surface area contributed by atoms with Crippen molar-refractivity contribution in [2.45, 2.75) is 6.92 Å². The normalized spacial score (nSPS) is 14.1. The molecular weight excluding hydrogens is 424 g/mol. The van der Waals surface area contributed by atoms with Crippen LogP contribution in [0.15, 0.2) is 48.9 Å². The topological polar surface area (TPSA) is 86.0 Å². The minimum absolute atomic E-state index is 0.000148. The summed E-state index contributed by atoms with van der Waals surface area (Å²) in [6.45, 7) is 4.37. The number of hydrogen-bond acceptors (Lipinski definition) is 7. The third-order valence-corrected chi connectivity index (χ3v) is 6.07.